The first kappa shape index (κ1) is 19.1. The summed E-state index contributed by atoms with van der Waals surface area (Å²) in [4.78, 5) is 26.4. The van der Waals surface area contributed by atoms with Crippen LogP contribution in [-0.2, 0) is 19.4 Å². The largest absolute Gasteiger partial charge is 0.452 e. The number of nitrogens with zero attached hydrogens (tertiary/aromatic N) is 1. The minimum absolute atomic E-state index is 0.0529. The van der Waals surface area contributed by atoms with Crippen LogP contribution < -0.4 is 4.90 Å². The highest BCUT2D eigenvalue weighted by Crippen LogP contribution is 2.24. The lowest BCUT2D eigenvalue weighted by molar-refractivity contribution is -0.122. The van der Waals surface area contributed by atoms with E-state index >= 15 is 0 Å². The number of amides is 1. The number of carbonyl (C=O) groups excluding carboxylic acids is 2. The van der Waals surface area contributed by atoms with Gasteiger partial charge in [0.25, 0.3) is 5.91 Å². The van der Waals surface area contributed by atoms with Gasteiger partial charge in [-0.25, -0.2) is 13.2 Å². The average Bonchev–Trinajstić information content (AvgIpc) is 3.00. The van der Waals surface area contributed by atoms with E-state index in [1.807, 2.05) is 19.1 Å². The van der Waals surface area contributed by atoms with E-state index in [1.165, 1.54) is 4.90 Å². The van der Waals surface area contributed by atoms with Crippen LogP contribution >= 0.6 is 0 Å². The molecule has 1 aliphatic rings. The Kier molecular flexibility index (Phi) is 5.60. The van der Waals surface area contributed by atoms with Gasteiger partial charge in [-0.3, -0.25) is 4.79 Å². The molecule has 0 unspecified atom stereocenters. The van der Waals surface area contributed by atoms with Crippen LogP contribution in [0, 0.1) is 6.92 Å². The average molecular weight is 387 g/mol. The van der Waals surface area contributed by atoms with Gasteiger partial charge in [-0.2, -0.15) is 0 Å². The quantitative estimate of drug-likeness (QED) is 0.736. The summed E-state index contributed by atoms with van der Waals surface area (Å²) in [5.41, 5.74) is 1.88. The maximum Gasteiger partial charge on any atom is 0.338 e. The van der Waals surface area contributed by atoms with Gasteiger partial charge in [0.15, 0.2) is 16.4 Å². The molecular formula is C20H21NO5S. The predicted molar refractivity (Wildman–Crippen MR) is 102 cm³/mol. The first-order chi connectivity index (χ1) is 12.9. The second-order valence-corrected chi connectivity index (χ2v) is 8.83. The van der Waals surface area contributed by atoms with Gasteiger partial charge in [0, 0.05) is 5.69 Å². The molecule has 1 aliphatic heterocycles. The molecule has 1 saturated heterocycles. The Balaban J connectivity index is 1.74. The minimum atomic E-state index is -3.16. The third-order valence-corrected chi connectivity index (χ3v) is 6.21. The molecule has 0 aromatic heterocycles. The topological polar surface area (TPSA) is 80.8 Å². The van der Waals surface area contributed by atoms with Crippen LogP contribution in [0.15, 0.2) is 54.6 Å². The zero-order valence-electron chi connectivity index (χ0n) is 15.0. The van der Waals surface area contributed by atoms with Crippen molar-refractivity contribution in [3.05, 3.63) is 65.7 Å². The first-order valence-corrected chi connectivity index (χ1v) is 10.5. The molecule has 3 rings (SSSR count). The number of aryl methyl sites for hydroxylation is 1. The molecule has 1 heterocycles. The number of carbonyl (C=O) groups is 2. The van der Waals surface area contributed by atoms with Crippen molar-refractivity contribution in [1.29, 1.82) is 0 Å². The molecule has 0 spiro atoms. The van der Waals surface area contributed by atoms with Crippen molar-refractivity contribution >= 4 is 27.4 Å². The van der Waals surface area contributed by atoms with Crippen molar-refractivity contribution in [2.45, 2.75) is 19.4 Å². The van der Waals surface area contributed by atoms with Crippen LogP contribution in [0.4, 0.5) is 5.69 Å². The van der Waals surface area contributed by atoms with E-state index in [0.29, 0.717) is 17.7 Å². The van der Waals surface area contributed by atoms with Crippen molar-refractivity contribution < 1.29 is 22.7 Å². The molecule has 142 valence electrons. The highest BCUT2D eigenvalue weighted by molar-refractivity contribution is 7.91. The van der Waals surface area contributed by atoms with E-state index in [9.17, 15) is 18.0 Å². The summed E-state index contributed by atoms with van der Waals surface area (Å²) in [5.74, 6) is -1.06. The number of hydrogen-bond acceptors (Lipinski definition) is 5. The fourth-order valence-electron chi connectivity index (χ4n) is 3.18. The Morgan fingerprint density at radius 3 is 2.48 bits per heavy atom. The molecule has 27 heavy (non-hydrogen) atoms. The molecule has 7 heteroatoms. The molecule has 0 saturated carbocycles. The monoisotopic (exact) mass is 387 g/mol. The number of benzene rings is 2. The van der Waals surface area contributed by atoms with Crippen molar-refractivity contribution in [2.24, 2.45) is 0 Å². The lowest BCUT2D eigenvalue weighted by Gasteiger charge is -2.28. The first-order valence-electron chi connectivity index (χ1n) is 8.67. The number of rotatable bonds is 5. The minimum Gasteiger partial charge on any atom is -0.452 e. The third kappa shape index (κ3) is 4.74. The molecule has 0 radical (unpaired) electrons. The van der Waals surface area contributed by atoms with Crippen LogP contribution in [0.3, 0.4) is 0 Å². The summed E-state index contributed by atoms with van der Waals surface area (Å²) in [6.07, 6.45) is 0.370. The van der Waals surface area contributed by atoms with Crippen molar-refractivity contribution in [2.75, 3.05) is 23.0 Å². The third-order valence-electron chi connectivity index (χ3n) is 4.46. The number of sulfone groups is 1. The van der Waals surface area contributed by atoms with Crippen LogP contribution in [0.5, 0.6) is 0 Å². The van der Waals surface area contributed by atoms with Crippen molar-refractivity contribution in [3.8, 4) is 0 Å². The van der Waals surface area contributed by atoms with Gasteiger partial charge in [0.05, 0.1) is 23.1 Å². The Morgan fingerprint density at radius 1 is 1.11 bits per heavy atom. The van der Waals surface area contributed by atoms with Crippen LogP contribution in [0.25, 0.3) is 0 Å². The van der Waals surface area contributed by atoms with E-state index in [-0.39, 0.29) is 11.5 Å². The summed E-state index contributed by atoms with van der Waals surface area (Å²) in [6.45, 7) is 1.41. The molecular weight excluding hydrogens is 366 g/mol. The fourth-order valence-corrected chi connectivity index (χ4v) is 4.88. The number of anilines is 1. The van der Waals surface area contributed by atoms with Gasteiger partial charge < -0.3 is 9.64 Å². The lowest BCUT2D eigenvalue weighted by Crippen LogP contribution is -2.43. The van der Waals surface area contributed by atoms with E-state index in [1.54, 1.807) is 42.5 Å². The van der Waals surface area contributed by atoms with Gasteiger partial charge in [-0.15, -0.1) is 0 Å². The van der Waals surface area contributed by atoms with E-state index < -0.39 is 34.4 Å². The molecule has 0 N–H and O–H groups in total. The zero-order chi connectivity index (χ0) is 19.4. The maximum absolute atomic E-state index is 12.8. The molecule has 1 amide bonds. The zero-order valence-corrected chi connectivity index (χ0v) is 15.8. The Hall–Kier alpha value is -2.67. The molecule has 0 aliphatic carbocycles. The van der Waals surface area contributed by atoms with Gasteiger partial charge >= 0.3 is 5.97 Å². The Bertz CT molecular complexity index is 940. The summed E-state index contributed by atoms with van der Waals surface area (Å²) in [5, 5.41) is 0. The Morgan fingerprint density at radius 2 is 1.85 bits per heavy atom. The highest BCUT2D eigenvalue weighted by atomic mass is 32.2. The van der Waals surface area contributed by atoms with E-state index in [2.05, 4.69) is 0 Å². The van der Waals surface area contributed by atoms with Crippen LogP contribution in [-0.4, -0.2) is 44.4 Å². The standard InChI is InChI=1S/C20H21NO5S/c1-15-6-5-7-16(12-15)20(23)26-13-19(22)21(17-8-3-2-4-9-17)18-10-11-27(24,25)14-18/h2-9,12,18H,10-11,13-14H2,1H3/t18-/m1/s1. The number of esters is 1. The number of hydrogen-bond donors (Lipinski definition) is 0. The molecule has 6 nitrogen and oxygen atoms in total. The van der Waals surface area contributed by atoms with Crippen LogP contribution in [0.1, 0.15) is 22.3 Å². The molecule has 2 aromatic carbocycles. The van der Waals surface area contributed by atoms with E-state index in [0.717, 1.165) is 5.56 Å². The van der Waals surface area contributed by atoms with Crippen LogP contribution in [0.2, 0.25) is 0 Å². The molecule has 1 atom stereocenters. The number of ether oxygens (including phenoxy) is 1. The summed E-state index contributed by atoms with van der Waals surface area (Å²) in [7, 11) is -3.16. The van der Waals surface area contributed by atoms with Gasteiger partial charge in [-0.05, 0) is 37.6 Å². The second kappa shape index (κ2) is 7.92. The smallest absolute Gasteiger partial charge is 0.338 e. The van der Waals surface area contributed by atoms with Crippen molar-refractivity contribution in [1.82, 2.24) is 0 Å². The maximum atomic E-state index is 12.8. The normalized spacial score (nSPS) is 18.0. The summed E-state index contributed by atoms with van der Waals surface area (Å²) in [6, 6.07) is 15.3. The van der Waals surface area contributed by atoms with Gasteiger partial charge in [-0.1, -0.05) is 35.9 Å². The Labute approximate surface area is 158 Å². The molecule has 1 fully saturated rings. The predicted octanol–water partition coefficient (Wildman–Crippen LogP) is 2.37. The fraction of sp³-hybridized carbons (Fsp3) is 0.300. The molecule has 0 bridgehead atoms. The second-order valence-electron chi connectivity index (χ2n) is 6.60. The van der Waals surface area contributed by atoms with Crippen molar-refractivity contribution in [3.63, 3.8) is 0 Å². The molecule has 2 aromatic rings. The summed E-state index contributed by atoms with van der Waals surface area (Å²) >= 11 is 0. The lowest BCUT2D eigenvalue weighted by atomic mass is 10.1. The van der Waals surface area contributed by atoms with Gasteiger partial charge in [0.2, 0.25) is 0 Å². The van der Waals surface area contributed by atoms with Gasteiger partial charge in [0.1, 0.15) is 0 Å². The summed E-state index contributed by atoms with van der Waals surface area (Å²) < 4.78 is 28.9. The van der Waals surface area contributed by atoms with E-state index in [4.69, 9.17) is 4.74 Å². The SMILES string of the molecule is Cc1cccc(C(=O)OCC(=O)N(c2ccccc2)[C@@H]2CCS(=O)(=O)C2)c1. The number of para-hydroxylation sites is 1. The highest BCUT2D eigenvalue weighted by Gasteiger charge is 2.35.